The number of guanidine groups is 1. The molecule has 0 aliphatic carbocycles. The molecule has 1 amide bonds. The topological polar surface area (TPSA) is 95.1 Å². The molecule has 3 rings (SSSR count). The van der Waals surface area contributed by atoms with E-state index in [1.807, 2.05) is 42.6 Å². The van der Waals surface area contributed by atoms with Crippen molar-refractivity contribution in [1.82, 2.24) is 25.6 Å². The molecule has 0 aliphatic heterocycles. The Morgan fingerprint density at radius 2 is 1.93 bits per heavy atom. The summed E-state index contributed by atoms with van der Waals surface area (Å²) in [6.45, 7) is 1.30. The van der Waals surface area contributed by atoms with Crippen LogP contribution in [0.2, 0.25) is 0 Å². The fourth-order valence-corrected chi connectivity index (χ4v) is 3.44. The summed E-state index contributed by atoms with van der Waals surface area (Å²) in [5.74, 6) is 2.02. The van der Waals surface area contributed by atoms with Crippen molar-refractivity contribution in [2.24, 2.45) is 4.99 Å². The molecule has 0 unspecified atom stereocenters. The van der Waals surface area contributed by atoms with Crippen LogP contribution < -0.4 is 10.6 Å². The van der Waals surface area contributed by atoms with Crippen LogP contribution in [0, 0.1) is 0 Å². The van der Waals surface area contributed by atoms with Crippen molar-refractivity contribution in [3.63, 3.8) is 0 Å². The number of aryl methyl sites for hydroxylation is 1. The minimum absolute atomic E-state index is 0.171. The van der Waals surface area contributed by atoms with Gasteiger partial charge in [-0.25, -0.2) is 4.98 Å². The van der Waals surface area contributed by atoms with Crippen LogP contribution in [-0.4, -0.2) is 45.7 Å². The summed E-state index contributed by atoms with van der Waals surface area (Å²) >= 11 is 1.77. The van der Waals surface area contributed by atoms with Crippen LogP contribution in [0.3, 0.4) is 0 Å². The highest BCUT2D eigenvalue weighted by Crippen LogP contribution is 2.08. The molecule has 0 aliphatic rings. The molecule has 2 heterocycles. The fourth-order valence-electron chi connectivity index (χ4n) is 2.70. The summed E-state index contributed by atoms with van der Waals surface area (Å²) in [6.07, 6.45) is 7.12. The van der Waals surface area contributed by atoms with E-state index in [0.29, 0.717) is 24.6 Å². The number of thioether (sulfide) groups is 1. The molecule has 156 valence electrons. The molecule has 7 nitrogen and oxygen atoms in total. The largest absolute Gasteiger partial charge is 0.356 e. The summed E-state index contributed by atoms with van der Waals surface area (Å²) in [6, 6.07) is 15.1. The minimum atomic E-state index is -0.171. The zero-order valence-corrected chi connectivity index (χ0v) is 17.6. The Labute approximate surface area is 180 Å². The highest BCUT2D eigenvalue weighted by molar-refractivity contribution is 7.98. The van der Waals surface area contributed by atoms with Crippen LogP contribution in [0.15, 0.2) is 72.2 Å². The predicted molar refractivity (Wildman–Crippen MR) is 122 cm³/mol. The molecule has 0 radical (unpaired) electrons. The number of hydrogen-bond acceptors (Lipinski definition) is 5. The smallest absolute Gasteiger partial charge is 0.257 e. The van der Waals surface area contributed by atoms with E-state index in [4.69, 9.17) is 0 Å². The summed E-state index contributed by atoms with van der Waals surface area (Å²) in [5, 5.41) is 6.14. The molecule has 0 fully saturated rings. The molecular formula is C22H26N6OS. The number of hydrogen-bond donors (Lipinski definition) is 3. The highest BCUT2D eigenvalue weighted by atomic mass is 32.2. The lowest BCUT2D eigenvalue weighted by molar-refractivity contribution is 0.0975. The summed E-state index contributed by atoms with van der Waals surface area (Å²) < 4.78 is 0. The van der Waals surface area contributed by atoms with E-state index in [0.717, 1.165) is 35.7 Å². The second-order valence-corrected chi connectivity index (χ2v) is 7.62. The average molecular weight is 423 g/mol. The first-order valence-corrected chi connectivity index (χ1v) is 11.1. The average Bonchev–Trinajstić information content (AvgIpc) is 3.31. The molecule has 8 heteroatoms. The van der Waals surface area contributed by atoms with Gasteiger partial charge < -0.3 is 10.3 Å². The van der Waals surface area contributed by atoms with Gasteiger partial charge in [0, 0.05) is 36.0 Å². The monoisotopic (exact) mass is 422 g/mol. The van der Waals surface area contributed by atoms with Crippen LogP contribution >= 0.6 is 11.8 Å². The molecule has 3 N–H and O–H groups in total. The van der Waals surface area contributed by atoms with Crippen molar-refractivity contribution in [3.8, 4) is 0 Å². The van der Waals surface area contributed by atoms with E-state index < -0.39 is 0 Å². The van der Waals surface area contributed by atoms with Gasteiger partial charge in [-0.05, 0) is 37.1 Å². The predicted octanol–water partition coefficient (Wildman–Crippen LogP) is 3.05. The second-order valence-electron chi connectivity index (χ2n) is 6.52. The van der Waals surface area contributed by atoms with Crippen LogP contribution in [-0.2, 0) is 12.2 Å². The Morgan fingerprint density at radius 3 is 2.70 bits per heavy atom. The van der Waals surface area contributed by atoms with Gasteiger partial charge in [0.05, 0.1) is 24.3 Å². The van der Waals surface area contributed by atoms with Crippen molar-refractivity contribution in [2.45, 2.75) is 18.6 Å². The Hall–Kier alpha value is -3.13. The number of carbonyl (C=O) groups excluding carboxylic acids is 1. The van der Waals surface area contributed by atoms with Gasteiger partial charge in [-0.3, -0.25) is 20.1 Å². The summed E-state index contributed by atoms with van der Waals surface area (Å²) in [5.41, 5.74) is 2.68. The summed E-state index contributed by atoms with van der Waals surface area (Å²) in [4.78, 5) is 28.6. The standard InChI is InChI=1S/C22H26N6OS/c29-21(18-7-2-1-3-8-18)28-22(25-12-6-10-19-15-23-17-27-19)26-13-14-30-16-20-9-4-5-11-24-20/h1-5,7-9,11,15,17H,6,10,12-14,16H2,(H,23,27)(H2,25,26,28,29). The lowest BCUT2D eigenvalue weighted by Gasteiger charge is -2.11. The van der Waals surface area contributed by atoms with E-state index >= 15 is 0 Å². The van der Waals surface area contributed by atoms with Crippen LogP contribution in [0.25, 0.3) is 0 Å². The third-order valence-electron chi connectivity index (χ3n) is 4.21. The van der Waals surface area contributed by atoms with Gasteiger partial charge in [0.2, 0.25) is 0 Å². The number of pyridine rings is 1. The van der Waals surface area contributed by atoms with Gasteiger partial charge in [-0.2, -0.15) is 11.8 Å². The van der Waals surface area contributed by atoms with Gasteiger partial charge in [-0.15, -0.1) is 0 Å². The molecular weight excluding hydrogens is 396 g/mol. The number of H-pyrrole nitrogens is 1. The minimum Gasteiger partial charge on any atom is -0.356 e. The number of imidazole rings is 1. The Balaban J connectivity index is 1.48. The van der Waals surface area contributed by atoms with E-state index in [1.165, 1.54) is 0 Å². The number of benzene rings is 1. The zero-order valence-electron chi connectivity index (χ0n) is 16.8. The van der Waals surface area contributed by atoms with Crippen LogP contribution in [0.1, 0.15) is 28.2 Å². The Kier molecular flexibility index (Phi) is 8.94. The van der Waals surface area contributed by atoms with Crippen molar-refractivity contribution < 1.29 is 4.79 Å². The van der Waals surface area contributed by atoms with Crippen molar-refractivity contribution in [2.75, 3.05) is 18.8 Å². The number of rotatable bonds is 10. The number of amides is 1. The molecule has 2 aromatic heterocycles. The first-order valence-electron chi connectivity index (χ1n) is 9.91. The summed E-state index contributed by atoms with van der Waals surface area (Å²) in [7, 11) is 0. The van der Waals surface area contributed by atoms with Crippen molar-refractivity contribution >= 4 is 23.6 Å². The van der Waals surface area contributed by atoms with Gasteiger partial charge in [0.25, 0.3) is 5.91 Å². The van der Waals surface area contributed by atoms with Gasteiger partial charge in [-0.1, -0.05) is 24.3 Å². The van der Waals surface area contributed by atoms with Crippen LogP contribution in [0.4, 0.5) is 0 Å². The van der Waals surface area contributed by atoms with E-state index in [9.17, 15) is 4.79 Å². The maximum Gasteiger partial charge on any atom is 0.257 e. The van der Waals surface area contributed by atoms with E-state index in [2.05, 4.69) is 30.6 Å². The van der Waals surface area contributed by atoms with E-state index in [-0.39, 0.29) is 5.91 Å². The number of carbonyl (C=O) groups is 1. The quantitative estimate of drug-likeness (QED) is 0.265. The normalized spacial score (nSPS) is 11.3. The lowest BCUT2D eigenvalue weighted by atomic mass is 10.2. The first-order chi connectivity index (χ1) is 14.8. The number of aliphatic imine (C=N–C) groups is 1. The molecule has 0 spiro atoms. The number of aromatic nitrogens is 3. The van der Waals surface area contributed by atoms with Crippen molar-refractivity contribution in [3.05, 3.63) is 84.2 Å². The molecule has 0 saturated heterocycles. The first kappa shape index (κ1) is 21.6. The Bertz CT molecular complexity index is 900. The maximum absolute atomic E-state index is 12.5. The molecule has 3 aromatic rings. The zero-order chi connectivity index (χ0) is 20.9. The number of nitrogens with zero attached hydrogens (tertiary/aromatic N) is 3. The molecule has 30 heavy (non-hydrogen) atoms. The van der Waals surface area contributed by atoms with Gasteiger partial charge in [0.15, 0.2) is 5.96 Å². The third-order valence-corrected chi connectivity index (χ3v) is 5.18. The number of aromatic amines is 1. The molecule has 0 bridgehead atoms. The van der Waals surface area contributed by atoms with Crippen LogP contribution in [0.5, 0.6) is 0 Å². The Morgan fingerprint density at radius 1 is 1.07 bits per heavy atom. The molecule has 1 aromatic carbocycles. The number of nitrogens with one attached hydrogen (secondary N) is 3. The lowest BCUT2D eigenvalue weighted by Crippen LogP contribution is -2.41. The SMILES string of the molecule is O=C(NC(=NCCSCc1ccccn1)NCCCc1c[nH]cn1)c1ccccc1. The third kappa shape index (κ3) is 7.71. The van der Waals surface area contributed by atoms with Gasteiger partial charge in [0.1, 0.15) is 0 Å². The maximum atomic E-state index is 12.5. The fraction of sp³-hybridized carbons (Fsp3) is 0.273. The second kappa shape index (κ2) is 12.4. The molecule has 0 atom stereocenters. The highest BCUT2D eigenvalue weighted by Gasteiger charge is 2.08. The van der Waals surface area contributed by atoms with Gasteiger partial charge >= 0.3 is 0 Å². The van der Waals surface area contributed by atoms with E-state index in [1.54, 1.807) is 36.4 Å². The molecule has 0 saturated carbocycles. The van der Waals surface area contributed by atoms with Crippen molar-refractivity contribution in [1.29, 1.82) is 0 Å².